The fourth-order valence-corrected chi connectivity index (χ4v) is 5.70. The van der Waals surface area contributed by atoms with Crippen LogP contribution in [-0.4, -0.2) is 24.1 Å². The normalized spacial score (nSPS) is 45.7. The number of halogens is 1. The summed E-state index contributed by atoms with van der Waals surface area (Å²) in [5.74, 6) is -0.764. The second-order valence-corrected chi connectivity index (χ2v) is 7.40. The highest BCUT2D eigenvalue weighted by Crippen LogP contribution is 2.65. The van der Waals surface area contributed by atoms with Gasteiger partial charge in [0.15, 0.2) is 0 Å². The van der Waals surface area contributed by atoms with Gasteiger partial charge in [0.2, 0.25) is 0 Å². The van der Waals surface area contributed by atoms with Crippen LogP contribution < -0.4 is 0 Å². The van der Waals surface area contributed by atoms with E-state index in [-0.39, 0.29) is 23.8 Å². The summed E-state index contributed by atoms with van der Waals surface area (Å²) in [6, 6.07) is 0. The summed E-state index contributed by atoms with van der Waals surface area (Å²) in [4.78, 5) is 24.9. The highest BCUT2D eigenvalue weighted by atomic mass is 127. The van der Waals surface area contributed by atoms with Crippen LogP contribution >= 0.6 is 22.6 Å². The standard InChI is InChI=1S/C15H19IO4/c1-4-19-13(18)14(3)9-7-11(16)15(20-12(9)17)8(2)5-6-10(14)15/h7-10H,4-6H2,1-3H3/t8-,9+,10-,14+,15-/m0/s1. The predicted octanol–water partition coefficient (Wildman–Crippen LogP) is 2.85. The van der Waals surface area contributed by atoms with Gasteiger partial charge in [-0.1, -0.05) is 13.0 Å². The molecule has 4 rings (SSSR count). The van der Waals surface area contributed by atoms with Crippen molar-refractivity contribution in [2.45, 2.75) is 39.2 Å². The topological polar surface area (TPSA) is 52.6 Å². The molecule has 20 heavy (non-hydrogen) atoms. The van der Waals surface area contributed by atoms with Crippen molar-refractivity contribution in [2.24, 2.45) is 23.2 Å². The van der Waals surface area contributed by atoms with Gasteiger partial charge in [-0.15, -0.1) is 0 Å². The lowest BCUT2D eigenvalue weighted by Gasteiger charge is -2.55. The molecular weight excluding hydrogens is 371 g/mol. The van der Waals surface area contributed by atoms with E-state index in [9.17, 15) is 9.59 Å². The summed E-state index contributed by atoms with van der Waals surface area (Å²) in [7, 11) is 0. The lowest BCUT2D eigenvalue weighted by molar-refractivity contribution is -0.210. The molecule has 4 nitrogen and oxygen atoms in total. The Labute approximate surface area is 132 Å². The maximum Gasteiger partial charge on any atom is 0.314 e. The minimum Gasteiger partial charge on any atom is -0.466 e. The Hall–Kier alpha value is -0.590. The van der Waals surface area contributed by atoms with Crippen LogP contribution in [0.25, 0.3) is 0 Å². The molecule has 0 unspecified atom stereocenters. The molecule has 0 aromatic carbocycles. The Balaban J connectivity index is 2.15. The van der Waals surface area contributed by atoms with Crippen molar-refractivity contribution in [1.82, 2.24) is 0 Å². The Morgan fingerprint density at radius 3 is 2.90 bits per heavy atom. The van der Waals surface area contributed by atoms with Crippen LogP contribution in [0.3, 0.4) is 0 Å². The smallest absolute Gasteiger partial charge is 0.314 e. The van der Waals surface area contributed by atoms with Crippen LogP contribution in [0.5, 0.6) is 0 Å². The minimum atomic E-state index is -0.787. The lowest BCUT2D eigenvalue weighted by atomic mass is 9.56. The highest BCUT2D eigenvalue weighted by Gasteiger charge is 2.71. The molecule has 1 spiro atoms. The zero-order valence-corrected chi connectivity index (χ0v) is 14.1. The van der Waals surface area contributed by atoms with E-state index in [4.69, 9.17) is 9.47 Å². The fourth-order valence-electron chi connectivity index (χ4n) is 4.32. The van der Waals surface area contributed by atoms with E-state index in [0.29, 0.717) is 6.61 Å². The third kappa shape index (κ3) is 1.47. The maximum atomic E-state index is 12.5. The van der Waals surface area contributed by atoms with Gasteiger partial charge in [0.25, 0.3) is 0 Å². The van der Waals surface area contributed by atoms with Gasteiger partial charge in [0.1, 0.15) is 5.60 Å². The van der Waals surface area contributed by atoms with Crippen molar-refractivity contribution in [3.05, 3.63) is 9.66 Å². The van der Waals surface area contributed by atoms with Gasteiger partial charge in [-0.2, -0.15) is 0 Å². The molecule has 2 heterocycles. The van der Waals surface area contributed by atoms with Crippen LogP contribution in [0.15, 0.2) is 9.66 Å². The van der Waals surface area contributed by atoms with Crippen molar-refractivity contribution >= 4 is 34.5 Å². The van der Waals surface area contributed by atoms with Gasteiger partial charge in [0, 0.05) is 15.4 Å². The number of hydrogen-bond acceptors (Lipinski definition) is 4. The molecule has 0 radical (unpaired) electrons. The fraction of sp³-hybridized carbons (Fsp3) is 0.733. The number of rotatable bonds is 2. The van der Waals surface area contributed by atoms with E-state index in [1.807, 2.05) is 13.0 Å². The molecule has 5 atom stereocenters. The summed E-state index contributed by atoms with van der Waals surface area (Å²) in [5, 5.41) is 0. The highest BCUT2D eigenvalue weighted by molar-refractivity contribution is 14.1. The Morgan fingerprint density at radius 1 is 1.55 bits per heavy atom. The number of fused-ring (bicyclic) bond motifs is 1. The molecule has 1 saturated heterocycles. The molecule has 2 aliphatic carbocycles. The number of carbonyl (C=O) groups is 2. The van der Waals surface area contributed by atoms with Crippen molar-refractivity contribution < 1.29 is 19.1 Å². The van der Waals surface area contributed by atoms with E-state index in [0.717, 1.165) is 16.4 Å². The van der Waals surface area contributed by atoms with E-state index in [1.54, 1.807) is 6.92 Å². The molecule has 5 heteroatoms. The van der Waals surface area contributed by atoms with Crippen molar-refractivity contribution in [3.8, 4) is 0 Å². The first-order chi connectivity index (χ1) is 9.38. The Kier molecular flexibility index (Phi) is 3.19. The summed E-state index contributed by atoms with van der Waals surface area (Å²) in [6.07, 6.45) is 3.81. The van der Waals surface area contributed by atoms with Gasteiger partial charge in [-0.05, 0) is 49.3 Å². The zero-order chi connectivity index (χ0) is 14.7. The van der Waals surface area contributed by atoms with E-state index in [2.05, 4.69) is 29.5 Å². The van der Waals surface area contributed by atoms with Crippen LogP contribution in [-0.2, 0) is 19.1 Å². The molecule has 4 aliphatic rings. The molecule has 0 amide bonds. The Morgan fingerprint density at radius 2 is 2.25 bits per heavy atom. The van der Waals surface area contributed by atoms with E-state index < -0.39 is 16.9 Å². The molecule has 0 N–H and O–H groups in total. The molecule has 2 fully saturated rings. The average molecular weight is 390 g/mol. The second-order valence-electron chi connectivity index (χ2n) is 6.24. The molecule has 2 aliphatic heterocycles. The lowest BCUT2D eigenvalue weighted by Crippen LogP contribution is -2.64. The number of esters is 2. The van der Waals surface area contributed by atoms with Crippen molar-refractivity contribution in [1.29, 1.82) is 0 Å². The van der Waals surface area contributed by atoms with Crippen molar-refractivity contribution in [3.63, 3.8) is 0 Å². The van der Waals surface area contributed by atoms with Gasteiger partial charge in [-0.3, -0.25) is 9.59 Å². The van der Waals surface area contributed by atoms with Gasteiger partial charge in [0.05, 0.1) is 17.9 Å². The molecule has 1 saturated carbocycles. The molecule has 110 valence electrons. The van der Waals surface area contributed by atoms with Crippen LogP contribution in [0, 0.1) is 23.2 Å². The van der Waals surface area contributed by atoms with Crippen molar-refractivity contribution in [2.75, 3.05) is 6.61 Å². The van der Waals surface area contributed by atoms with Crippen LogP contribution in [0.2, 0.25) is 0 Å². The molecule has 2 bridgehead atoms. The minimum absolute atomic E-state index is 0.0312. The monoisotopic (exact) mass is 390 g/mol. The predicted molar refractivity (Wildman–Crippen MR) is 81.0 cm³/mol. The summed E-state index contributed by atoms with van der Waals surface area (Å²) in [6.45, 7) is 6.13. The summed E-state index contributed by atoms with van der Waals surface area (Å²) >= 11 is 2.28. The quantitative estimate of drug-likeness (QED) is 0.538. The molecule has 0 aromatic heterocycles. The van der Waals surface area contributed by atoms with E-state index >= 15 is 0 Å². The van der Waals surface area contributed by atoms with Gasteiger partial charge < -0.3 is 9.47 Å². The van der Waals surface area contributed by atoms with Gasteiger partial charge >= 0.3 is 11.9 Å². The third-order valence-electron chi connectivity index (χ3n) is 5.43. The van der Waals surface area contributed by atoms with E-state index in [1.165, 1.54) is 0 Å². The van der Waals surface area contributed by atoms with Gasteiger partial charge in [-0.25, -0.2) is 0 Å². The first kappa shape index (κ1) is 14.4. The SMILES string of the molecule is CCOC(=O)[C@]1(C)[C@@H]2C=C(I)[C@]3(OC2=O)[C@@H](C)CC[C@@H]13. The van der Waals surface area contributed by atoms with Crippen LogP contribution in [0.1, 0.15) is 33.6 Å². The third-order valence-corrected chi connectivity index (χ3v) is 6.64. The first-order valence-electron chi connectivity index (χ1n) is 7.16. The van der Waals surface area contributed by atoms with Crippen LogP contribution in [0.4, 0.5) is 0 Å². The Bertz CT molecular complexity index is 514. The molecule has 0 aromatic rings. The number of ether oxygens (including phenoxy) is 2. The largest absolute Gasteiger partial charge is 0.466 e. The summed E-state index contributed by atoms with van der Waals surface area (Å²) < 4.78 is 12.2. The summed E-state index contributed by atoms with van der Waals surface area (Å²) in [5.41, 5.74) is -1.39. The maximum absolute atomic E-state index is 12.5. The zero-order valence-electron chi connectivity index (χ0n) is 11.9. The first-order valence-corrected chi connectivity index (χ1v) is 8.24. The number of hydrogen-bond donors (Lipinski definition) is 0. The average Bonchev–Trinajstić information content (AvgIpc) is 2.72. The molecular formula is C15H19IO4. The number of carbonyl (C=O) groups excluding carboxylic acids is 2. The second kappa shape index (κ2) is 4.45.